The van der Waals surface area contributed by atoms with E-state index in [0.29, 0.717) is 6.73 Å². The van der Waals surface area contributed by atoms with Crippen molar-refractivity contribution in [2.24, 2.45) is 7.05 Å². The van der Waals surface area contributed by atoms with Gasteiger partial charge in [0.15, 0.2) is 28.8 Å². The molecule has 0 aliphatic heterocycles. The van der Waals surface area contributed by atoms with Crippen molar-refractivity contribution in [2.75, 3.05) is 6.61 Å². The van der Waals surface area contributed by atoms with Crippen LogP contribution in [0.2, 0.25) is 25.7 Å². The van der Waals surface area contributed by atoms with Crippen molar-refractivity contribution >= 4 is 42.1 Å². The molecule has 0 unspecified atom stereocenters. The first-order chi connectivity index (χ1) is 11.9. The first-order valence-corrected chi connectivity index (χ1v) is 12.8. The Labute approximate surface area is 162 Å². The Hall–Kier alpha value is -1.39. The van der Waals surface area contributed by atoms with Gasteiger partial charge in [-0.25, -0.2) is 4.98 Å². The largest absolute Gasteiger partial charge is 0.426 e. The summed E-state index contributed by atoms with van der Waals surface area (Å²) >= 11 is 1.87. The molecule has 0 N–H and O–H groups in total. The molecule has 0 aliphatic rings. The molecule has 0 atom stereocenters. The summed E-state index contributed by atoms with van der Waals surface area (Å²) in [6, 6.07) is 3.16. The summed E-state index contributed by atoms with van der Waals surface area (Å²) in [5, 5.41) is 5.32. The lowest BCUT2D eigenvalue weighted by molar-refractivity contribution is 0.0899. The lowest BCUT2D eigenvalue weighted by Gasteiger charge is -2.15. The second kappa shape index (κ2) is 7.46. The van der Waals surface area contributed by atoms with E-state index in [1.165, 1.54) is 0 Å². The topological polar surface area (TPSA) is 54.1 Å². The lowest BCUT2D eigenvalue weighted by Crippen LogP contribution is -2.22. The van der Waals surface area contributed by atoms with Gasteiger partial charge in [0, 0.05) is 50.6 Å². The van der Waals surface area contributed by atoms with Gasteiger partial charge in [0.25, 0.3) is 0 Å². The van der Waals surface area contributed by atoms with Crippen LogP contribution in [0.5, 0.6) is 5.75 Å². The Kier molecular flexibility index (Phi) is 5.49. The highest BCUT2D eigenvalue weighted by Crippen LogP contribution is 2.32. The summed E-state index contributed by atoms with van der Waals surface area (Å²) in [6.07, 6.45) is 7.69. The summed E-state index contributed by atoms with van der Waals surface area (Å²) < 4.78 is 15.1. The summed E-state index contributed by atoms with van der Waals surface area (Å²) in [7, 11) is 0.832. The van der Waals surface area contributed by atoms with Crippen LogP contribution in [0, 0.1) is 0 Å². The molecule has 0 radical (unpaired) electrons. The van der Waals surface area contributed by atoms with Gasteiger partial charge in [-0.1, -0.05) is 19.6 Å². The van der Waals surface area contributed by atoms with Crippen molar-refractivity contribution in [3.63, 3.8) is 0 Å². The average Bonchev–Trinajstić information content (AvgIpc) is 3.14. The van der Waals surface area contributed by atoms with Crippen molar-refractivity contribution in [3.8, 4) is 16.9 Å². The maximum absolute atomic E-state index is 5.92. The molecule has 3 rings (SSSR count). The van der Waals surface area contributed by atoms with Gasteiger partial charge < -0.3 is 12.4 Å². The number of aromatic nitrogens is 4. The van der Waals surface area contributed by atoms with E-state index < -0.39 is 8.07 Å². The van der Waals surface area contributed by atoms with Crippen LogP contribution in [-0.2, 0) is 18.5 Å². The van der Waals surface area contributed by atoms with Gasteiger partial charge in [0.2, 0.25) is 0 Å². The van der Waals surface area contributed by atoms with E-state index in [1.807, 2.05) is 48.5 Å². The van der Waals surface area contributed by atoms with E-state index in [0.717, 1.165) is 40.6 Å². The van der Waals surface area contributed by atoms with Gasteiger partial charge in [-0.05, 0) is 12.1 Å². The minimum atomic E-state index is -1.08. The van der Waals surface area contributed by atoms with Crippen LogP contribution in [0.15, 0.2) is 30.9 Å². The zero-order valence-electron chi connectivity index (χ0n) is 15.0. The summed E-state index contributed by atoms with van der Waals surface area (Å²) in [6.45, 7) is 8.35. The van der Waals surface area contributed by atoms with Gasteiger partial charge in [-0.2, -0.15) is 5.10 Å². The lowest BCUT2D eigenvalue weighted by atomic mass is 10.1. The number of halogens is 1. The van der Waals surface area contributed by atoms with Gasteiger partial charge in [-0.3, -0.25) is 4.68 Å². The second-order valence-corrected chi connectivity index (χ2v) is 13.4. The fourth-order valence-corrected chi connectivity index (χ4v) is 3.62. The van der Waals surface area contributed by atoms with Crippen LogP contribution in [-0.4, -0.2) is 34.0 Å². The van der Waals surface area contributed by atoms with E-state index in [-0.39, 0.29) is 0 Å². The normalized spacial score (nSPS) is 12.0. The third-order valence-electron chi connectivity index (χ3n) is 4.02. The van der Waals surface area contributed by atoms with Crippen molar-refractivity contribution in [1.82, 2.24) is 19.3 Å². The Morgan fingerprint density at radius 3 is 2.64 bits per heavy atom. The van der Waals surface area contributed by atoms with Gasteiger partial charge in [0.05, 0.1) is 12.4 Å². The fourth-order valence-electron chi connectivity index (χ4n) is 2.62. The summed E-state index contributed by atoms with van der Waals surface area (Å²) in [5.41, 5.74) is 3.03. The predicted molar refractivity (Wildman–Crippen MR) is 111 cm³/mol. The summed E-state index contributed by atoms with van der Waals surface area (Å²) in [4.78, 5) is 4.57. The highest BCUT2D eigenvalue weighted by molar-refractivity contribution is 14.1. The number of hydrogen-bond acceptors (Lipinski definition) is 4. The Morgan fingerprint density at radius 2 is 2.00 bits per heavy atom. The number of ether oxygens (including phenoxy) is 1. The van der Waals surface area contributed by atoms with Crippen molar-refractivity contribution in [1.29, 1.82) is 0 Å². The monoisotopic (exact) mass is 470 g/mol. The molecule has 3 heterocycles. The van der Waals surface area contributed by atoms with Crippen molar-refractivity contribution in [3.05, 3.63) is 30.9 Å². The molecule has 6 nitrogen and oxygen atoms in total. The van der Waals surface area contributed by atoms with E-state index >= 15 is 0 Å². The second-order valence-electron chi connectivity index (χ2n) is 7.38. The molecule has 0 aromatic carbocycles. The van der Waals surface area contributed by atoms with Gasteiger partial charge in [0.1, 0.15) is 12.4 Å². The van der Waals surface area contributed by atoms with E-state index in [1.54, 1.807) is 10.9 Å². The van der Waals surface area contributed by atoms with Gasteiger partial charge in [-0.15, -0.1) is 0 Å². The molecule has 0 fully saturated rings. The summed E-state index contributed by atoms with van der Waals surface area (Å²) in [5.74, 6) is 0.732. The van der Waals surface area contributed by atoms with E-state index in [9.17, 15) is 0 Å². The number of fused-ring (bicyclic) bond motifs is 1. The maximum Gasteiger partial charge on any atom is 0.192 e. The Morgan fingerprint density at radius 1 is 1.20 bits per heavy atom. The predicted octanol–water partition coefficient (Wildman–Crippen LogP) is 4.48. The van der Waals surface area contributed by atoms with Crippen LogP contribution < -0.4 is 3.07 Å². The van der Waals surface area contributed by atoms with Crippen molar-refractivity contribution in [2.45, 2.75) is 32.4 Å². The first kappa shape index (κ1) is 18.4. The molecule has 25 heavy (non-hydrogen) atoms. The molecule has 3 aromatic rings. The van der Waals surface area contributed by atoms with Crippen LogP contribution in [0.25, 0.3) is 22.2 Å². The highest BCUT2D eigenvalue weighted by atomic mass is 127. The first-order valence-electron chi connectivity index (χ1n) is 8.21. The zero-order chi connectivity index (χ0) is 18.0. The Balaban J connectivity index is 1.90. The molecule has 0 spiro atoms. The molecular weight excluding hydrogens is 447 g/mol. The number of nitrogens with zero attached hydrogens (tertiary/aromatic N) is 4. The SMILES string of the molecule is Cn1cc(-c2cn(COCC[Si](C)(C)C)c3ncc(OI)cc23)cn1. The molecule has 0 saturated heterocycles. The number of rotatable bonds is 7. The van der Waals surface area contributed by atoms with E-state index in [4.69, 9.17) is 7.80 Å². The smallest absolute Gasteiger partial charge is 0.192 e. The van der Waals surface area contributed by atoms with Crippen LogP contribution in [0.4, 0.5) is 0 Å². The molecule has 8 heteroatoms. The van der Waals surface area contributed by atoms with Crippen LogP contribution >= 0.6 is 23.0 Å². The van der Waals surface area contributed by atoms with Gasteiger partial charge >= 0.3 is 0 Å². The number of pyridine rings is 1. The Bertz CT molecular complexity index is 869. The molecule has 0 amide bonds. The zero-order valence-corrected chi connectivity index (χ0v) is 18.1. The molecular formula is C17H23IN4O2Si. The van der Waals surface area contributed by atoms with Crippen LogP contribution in [0.3, 0.4) is 0 Å². The van der Waals surface area contributed by atoms with Crippen molar-refractivity contribution < 1.29 is 7.80 Å². The highest BCUT2D eigenvalue weighted by Gasteiger charge is 2.15. The maximum atomic E-state index is 5.92. The molecule has 3 aromatic heterocycles. The molecule has 0 aliphatic carbocycles. The third-order valence-corrected chi connectivity index (χ3v) is 6.23. The molecule has 0 saturated carbocycles. The third kappa shape index (κ3) is 4.42. The van der Waals surface area contributed by atoms with E-state index in [2.05, 4.69) is 40.5 Å². The minimum absolute atomic E-state index is 0.499. The number of hydrogen-bond donors (Lipinski definition) is 0. The standard InChI is InChI=1S/C17H23IN4O2Si/c1-21-10-13(8-20-21)16-11-22(12-23-5-6-25(2,3)4)17-15(16)7-14(24-18)9-19-17/h7-11H,5-6,12H2,1-4H3. The van der Waals surface area contributed by atoms with Crippen LogP contribution in [0.1, 0.15) is 0 Å². The minimum Gasteiger partial charge on any atom is -0.426 e. The molecule has 134 valence electrons. The average molecular weight is 470 g/mol. The fraction of sp³-hybridized carbons (Fsp3) is 0.412. The quantitative estimate of drug-likeness (QED) is 0.290. The molecule has 0 bridgehead atoms. The number of aryl methyl sites for hydroxylation is 1.